The molecule has 0 spiro atoms. The third kappa shape index (κ3) is 2.89. The normalized spacial score (nSPS) is 9.89. The Morgan fingerprint density at radius 2 is 2.33 bits per heavy atom. The largest absolute Gasteiger partial charge is 0.481 e. The molecule has 2 heterocycles. The first-order valence-electron chi connectivity index (χ1n) is 4.96. The number of anilines is 2. The number of methoxy groups -OCH3 is 1. The lowest BCUT2D eigenvalue weighted by molar-refractivity contribution is 0.262. The van der Waals surface area contributed by atoms with Crippen LogP contribution in [-0.2, 0) is 0 Å². The molecule has 0 saturated carbocycles. The lowest BCUT2D eigenvalue weighted by atomic mass is 10.4. The second-order valence-electron chi connectivity index (χ2n) is 3.26. The van der Waals surface area contributed by atoms with Crippen molar-refractivity contribution in [2.24, 2.45) is 0 Å². The summed E-state index contributed by atoms with van der Waals surface area (Å²) < 4.78 is 4.94. The molecule has 2 amide bonds. The number of rotatable bonds is 3. The highest BCUT2D eigenvalue weighted by molar-refractivity contribution is 6.33. The number of aromatic nitrogens is 3. The van der Waals surface area contributed by atoms with Crippen LogP contribution in [0.2, 0.25) is 5.02 Å². The molecule has 7 nitrogen and oxygen atoms in total. The van der Waals surface area contributed by atoms with Gasteiger partial charge in [0.15, 0.2) is 0 Å². The Hall–Kier alpha value is -2.28. The summed E-state index contributed by atoms with van der Waals surface area (Å²) >= 11 is 5.90. The maximum absolute atomic E-state index is 11.6. The van der Waals surface area contributed by atoms with E-state index in [-0.39, 0.29) is 0 Å². The van der Waals surface area contributed by atoms with E-state index >= 15 is 0 Å². The van der Waals surface area contributed by atoms with Crippen LogP contribution >= 0.6 is 11.6 Å². The van der Waals surface area contributed by atoms with E-state index in [1.54, 1.807) is 6.07 Å². The second-order valence-corrected chi connectivity index (χ2v) is 3.66. The number of carbonyl (C=O) groups excluding carboxylic acids is 1. The van der Waals surface area contributed by atoms with E-state index < -0.39 is 6.03 Å². The fourth-order valence-corrected chi connectivity index (χ4v) is 1.38. The van der Waals surface area contributed by atoms with Crippen molar-refractivity contribution in [1.82, 2.24) is 15.2 Å². The monoisotopic (exact) mass is 267 g/mol. The van der Waals surface area contributed by atoms with Crippen LogP contribution in [0.3, 0.4) is 0 Å². The minimum absolute atomic E-state index is 0.315. The maximum atomic E-state index is 11.6. The lowest BCUT2D eigenvalue weighted by Crippen LogP contribution is -2.20. The van der Waals surface area contributed by atoms with Gasteiger partial charge in [-0.3, -0.25) is 10.4 Å². The van der Waals surface area contributed by atoms with Crippen molar-refractivity contribution in [3.05, 3.63) is 29.5 Å². The number of nitrogens with one attached hydrogen (secondary N) is 3. The number of halogens is 1. The van der Waals surface area contributed by atoms with Gasteiger partial charge in [-0.2, -0.15) is 5.10 Å². The summed E-state index contributed by atoms with van der Waals surface area (Å²) in [6.07, 6.45) is 2.92. The molecular weight excluding hydrogens is 258 g/mol. The summed E-state index contributed by atoms with van der Waals surface area (Å²) in [5, 5.41) is 11.7. The van der Waals surface area contributed by atoms with Gasteiger partial charge in [0.2, 0.25) is 5.88 Å². The number of nitrogens with zero attached hydrogens (tertiary/aromatic N) is 2. The smallest absolute Gasteiger partial charge is 0.324 e. The number of ether oxygens (including phenoxy) is 1. The van der Waals surface area contributed by atoms with Gasteiger partial charge in [-0.05, 0) is 0 Å². The van der Waals surface area contributed by atoms with E-state index in [2.05, 4.69) is 25.8 Å². The summed E-state index contributed by atoms with van der Waals surface area (Å²) in [6.45, 7) is 0. The highest BCUT2D eigenvalue weighted by Crippen LogP contribution is 2.24. The molecule has 18 heavy (non-hydrogen) atoms. The van der Waals surface area contributed by atoms with Gasteiger partial charge in [0.05, 0.1) is 30.2 Å². The number of aromatic amines is 1. The van der Waals surface area contributed by atoms with Crippen LogP contribution in [0.4, 0.5) is 16.3 Å². The number of urea groups is 1. The molecule has 0 unspecified atom stereocenters. The Labute approximate surface area is 108 Å². The molecule has 0 atom stereocenters. The Balaban J connectivity index is 2.06. The van der Waals surface area contributed by atoms with Crippen molar-refractivity contribution in [2.75, 3.05) is 17.7 Å². The topological polar surface area (TPSA) is 91.9 Å². The predicted octanol–water partition coefficient (Wildman–Crippen LogP) is 2.11. The number of hydrogen-bond acceptors (Lipinski definition) is 4. The minimum atomic E-state index is -0.450. The van der Waals surface area contributed by atoms with E-state index in [1.807, 2.05) is 0 Å². The molecule has 0 aliphatic rings. The molecule has 0 aromatic carbocycles. The van der Waals surface area contributed by atoms with Gasteiger partial charge in [0.1, 0.15) is 5.82 Å². The molecule has 0 aliphatic heterocycles. The Kier molecular flexibility index (Phi) is 3.63. The quantitative estimate of drug-likeness (QED) is 0.794. The van der Waals surface area contributed by atoms with E-state index in [0.29, 0.717) is 22.4 Å². The molecule has 0 aliphatic carbocycles. The number of amides is 2. The average molecular weight is 268 g/mol. The van der Waals surface area contributed by atoms with Crippen LogP contribution in [-0.4, -0.2) is 28.3 Å². The summed E-state index contributed by atoms with van der Waals surface area (Å²) in [5.74, 6) is 0.834. The number of H-pyrrole nitrogens is 1. The average Bonchev–Trinajstić information content (AvgIpc) is 2.84. The number of carbonyl (C=O) groups is 1. The van der Waals surface area contributed by atoms with Crippen molar-refractivity contribution >= 4 is 29.1 Å². The molecule has 0 bridgehead atoms. The molecule has 0 fully saturated rings. The van der Waals surface area contributed by atoms with Crippen molar-refractivity contribution in [1.29, 1.82) is 0 Å². The first-order valence-corrected chi connectivity index (χ1v) is 5.34. The zero-order chi connectivity index (χ0) is 13.0. The molecule has 3 N–H and O–H groups in total. The fourth-order valence-electron chi connectivity index (χ4n) is 1.23. The Bertz CT molecular complexity index is 543. The third-order valence-electron chi connectivity index (χ3n) is 2.04. The van der Waals surface area contributed by atoms with Gasteiger partial charge >= 0.3 is 6.03 Å². The van der Waals surface area contributed by atoms with E-state index in [1.165, 1.54) is 25.6 Å². The van der Waals surface area contributed by atoms with Gasteiger partial charge in [-0.25, -0.2) is 9.78 Å². The van der Waals surface area contributed by atoms with Gasteiger partial charge in [-0.15, -0.1) is 0 Å². The molecule has 2 rings (SSSR count). The van der Waals surface area contributed by atoms with Crippen LogP contribution in [0.5, 0.6) is 5.88 Å². The molecular formula is C10H10ClN5O2. The molecule has 2 aromatic heterocycles. The standard InChI is InChI=1S/C10H10ClN5O2/c1-18-9-4-7(6(11)5-12-9)14-10(17)15-8-2-3-13-16-8/h2-5H,1H3,(H3,12,13,14,15,16,17). The molecule has 0 saturated heterocycles. The second kappa shape index (κ2) is 5.37. The fraction of sp³-hybridized carbons (Fsp3) is 0.100. The highest BCUT2D eigenvalue weighted by atomic mass is 35.5. The summed E-state index contributed by atoms with van der Waals surface area (Å²) in [5.41, 5.74) is 0.403. The molecule has 2 aromatic rings. The molecule has 8 heteroatoms. The summed E-state index contributed by atoms with van der Waals surface area (Å²) in [4.78, 5) is 15.5. The molecule has 94 valence electrons. The van der Waals surface area contributed by atoms with Crippen LogP contribution in [0.1, 0.15) is 0 Å². The SMILES string of the molecule is COc1cc(NC(=O)Nc2ccn[nH]2)c(Cl)cn1. The van der Waals surface area contributed by atoms with E-state index in [4.69, 9.17) is 16.3 Å². The first-order chi connectivity index (χ1) is 8.69. The number of pyridine rings is 1. The highest BCUT2D eigenvalue weighted by Gasteiger charge is 2.08. The van der Waals surface area contributed by atoms with Crippen molar-refractivity contribution < 1.29 is 9.53 Å². The lowest BCUT2D eigenvalue weighted by Gasteiger charge is -2.08. The van der Waals surface area contributed by atoms with E-state index in [0.717, 1.165) is 0 Å². The zero-order valence-corrected chi connectivity index (χ0v) is 10.2. The van der Waals surface area contributed by atoms with Crippen molar-refractivity contribution in [3.63, 3.8) is 0 Å². The van der Waals surface area contributed by atoms with Crippen LogP contribution in [0, 0.1) is 0 Å². The Morgan fingerprint density at radius 3 is 3.00 bits per heavy atom. The van der Waals surface area contributed by atoms with Gasteiger partial charge in [0.25, 0.3) is 0 Å². The Morgan fingerprint density at radius 1 is 1.50 bits per heavy atom. The minimum Gasteiger partial charge on any atom is -0.481 e. The van der Waals surface area contributed by atoms with Crippen molar-refractivity contribution in [3.8, 4) is 5.88 Å². The van der Waals surface area contributed by atoms with Crippen LogP contribution in [0.25, 0.3) is 0 Å². The first kappa shape index (κ1) is 12.2. The maximum Gasteiger partial charge on any atom is 0.324 e. The van der Waals surface area contributed by atoms with Crippen LogP contribution < -0.4 is 15.4 Å². The van der Waals surface area contributed by atoms with E-state index in [9.17, 15) is 4.79 Å². The van der Waals surface area contributed by atoms with Gasteiger partial charge < -0.3 is 10.1 Å². The predicted molar refractivity (Wildman–Crippen MR) is 67.0 cm³/mol. The summed E-state index contributed by atoms with van der Waals surface area (Å²) in [7, 11) is 1.48. The zero-order valence-electron chi connectivity index (χ0n) is 9.40. The van der Waals surface area contributed by atoms with Crippen LogP contribution in [0.15, 0.2) is 24.5 Å². The summed E-state index contributed by atoms with van der Waals surface area (Å²) in [6, 6.07) is 2.69. The van der Waals surface area contributed by atoms with Gasteiger partial charge in [0, 0.05) is 12.1 Å². The number of hydrogen-bond donors (Lipinski definition) is 3. The van der Waals surface area contributed by atoms with Crippen molar-refractivity contribution in [2.45, 2.75) is 0 Å². The third-order valence-corrected chi connectivity index (χ3v) is 2.34. The van der Waals surface area contributed by atoms with Gasteiger partial charge in [-0.1, -0.05) is 11.6 Å². The molecule has 0 radical (unpaired) electrons.